The maximum atomic E-state index is 12.3. The number of hydrogen-bond acceptors (Lipinski definition) is 2. The Hall–Kier alpha value is -0.0000000000000000555. The first-order valence-corrected chi connectivity index (χ1v) is 3.86. The van der Waals surface area contributed by atoms with Crippen LogP contribution in [0.3, 0.4) is 0 Å². The Morgan fingerprint density at radius 3 is 2.38 bits per heavy atom. The predicted octanol–water partition coefficient (Wildman–Crippen LogP) is 1.59. The van der Waals surface area contributed by atoms with Crippen molar-refractivity contribution in [2.75, 3.05) is 20.2 Å². The van der Waals surface area contributed by atoms with E-state index in [1.165, 1.54) is 7.11 Å². The third-order valence-electron chi connectivity index (χ3n) is 2.14. The summed E-state index contributed by atoms with van der Waals surface area (Å²) in [5.74, 6) is -1.35. The van der Waals surface area contributed by atoms with Crippen LogP contribution in [-0.4, -0.2) is 32.5 Å². The van der Waals surface area contributed by atoms with Gasteiger partial charge in [-0.1, -0.05) is 0 Å². The smallest absolute Gasteiger partial charge is 0.381 e. The Balaban J connectivity index is 0.00000144. The lowest BCUT2D eigenvalue weighted by Gasteiger charge is -2.32. The number of halogens is 4. The van der Waals surface area contributed by atoms with Gasteiger partial charge >= 0.3 is 6.18 Å². The standard InChI is InChI=1S/C7H12F3NO.ClH/c1-12-6-2-3-11-4-5(6)7(8,9)10;/h5-6,11H,2-4H2,1H3;1H. The van der Waals surface area contributed by atoms with Gasteiger partial charge in [-0.3, -0.25) is 0 Å². The summed E-state index contributed by atoms with van der Waals surface area (Å²) in [5, 5.41) is 2.71. The lowest BCUT2D eigenvalue weighted by Crippen LogP contribution is -2.48. The molecule has 1 fully saturated rings. The van der Waals surface area contributed by atoms with Crippen molar-refractivity contribution < 1.29 is 17.9 Å². The van der Waals surface area contributed by atoms with Gasteiger partial charge in [-0.15, -0.1) is 12.4 Å². The summed E-state index contributed by atoms with van der Waals surface area (Å²) in [6.07, 6.45) is -4.39. The molecule has 0 radical (unpaired) electrons. The fraction of sp³-hybridized carbons (Fsp3) is 1.00. The highest BCUT2D eigenvalue weighted by Crippen LogP contribution is 2.32. The summed E-state index contributed by atoms with van der Waals surface area (Å²) in [7, 11) is 1.33. The number of methoxy groups -OCH3 is 1. The maximum Gasteiger partial charge on any atom is 0.395 e. The summed E-state index contributed by atoms with van der Waals surface area (Å²) < 4.78 is 41.5. The molecule has 0 aromatic carbocycles. The largest absolute Gasteiger partial charge is 0.395 e. The molecule has 1 aliphatic rings. The van der Waals surface area contributed by atoms with Crippen LogP contribution in [-0.2, 0) is 4.74 Å². The van der Waals surface area contributed by atoms with Crippen molar-refractivity contribution in [1.82, 2.24) is 5.32 Å². The van der Waals surface area contributed by atoms with E-state index in [4.69, 9.17) is 4.74 Å². The molecule has 1 heterocycles. The van der Waals surface area contributed by atoms with E-state index >= 15 is 0 Å². The van der Waals surface area contributed by atoms with Gasteiger partial charge in [0.2, 0.25) is 0 Å². The van der Waals surface area contributed by atoms with Gasteiger partial charge < -0.3 is 10.1 Å². The zero-order chi connectivity index (χ0) is 9.19. The third-order valence-corrected chi connectivity index (χ3v) is 2.14. The molecule has 0 spiro atoms. The maximum absolute atomic E-state index is 12.3. The second kappa shape index (κ2) is 5.02. The van der Waals surface area contributed by atoms with E-state index in [-0.39, 0.29) is 19.0 Å². The predicted molar refractivity (Wildman–Crippen MR) is 45.1 cm³/mol. The van der Waals surface area contributed by atoms with Crippen molar-refractivity contribution in [2.24, 2.45) is 5.92 Å². The molecule has 0 aromatic rings. The lowest BCUT2D eigenvalue weighted by atomic mass is 9.95. The Bertz CT molecular complexity index is 153. The zero-order valence-electron chi connectivity index (χ0n) is 7.23. The van der Waals surface area contributed by atoms with Gasteiger partial charge in [0.1, 0.15) is 0 Å². The van der Waals surface area contributed by atoms with Crippen LogP contribution in [0.4, 0.5) is 13.2 Å². The molecular weight excluding hydrogens is 207 g/mol. The van der Waals surface area contributed by atoms with Crippen LogP contribution in [0.15, 0.2) is 0 Å². The number of alkyl halides is 3. The van der Waals surface area contributed by atoms with Gasteiger partial charge in [-0.2, -0.15) is 13.2 Å². The molecule has 1 N–H and O–H groups in total. The minimum absolute atomic E-state index is 0. The molecule has 0 aromatic heterocycles. The van der Waals surface area contributed by atoms with Crippen LogP contribution >= 0.6 is 12.4 Å². The SMILES string of the molecule is COC1CCNCC1C(F)(F)F.Cl. The molecule has 1 saturated heterocycles. The molecule has 2 unspecified atom stereocenters. The summed E-state index contributed by atoms with van der Waals surface area (Å²) in [5.41, 5.74) is 0. The van der Waals surface area contributed by atoms with E-state index in [1.807, 2.05) is 0 Å². The first kappa shape index (κ1) is 13.0. The van der Waals surface area contributed by atoms with Crippen LogP contribution in [0.5, 0.6) is 0 Å². The minimum Gasteiger partial charge on any atom is -0.381 e. The monoisotopic (exact) mass is 219 g/mol. The number of ether oxygens (including phenoxy) is 1. The Kier molecular flexibility index (Phi) is 5.02. The second-order valence-corrected chi connectivity index (χ2v) is 2.92. The normalized spacial score (nSPS) is 29.5. The van der Waals surface area contributed by atoms with E-state index in [0.717, 1.165) is 0 Å². The Labute approximate surface area is 81.2 Å². The van der Waals surface area contributed by atoms with E-state index in [2.05, 4.69) is 5.32 Å². The van der Waals surface area contributed by atoms with Gasteiger partial charge in [0.15, 0.2) is 0 Å². The Morgan fingerprint density at radius 1 is 1.38 bits per heavy atom. The topological polar surface area (TPSA) is 21.3 Å². The molecule has 0 saturated carbocycles. The highest BCUT2D eigenvalue weighted by molar-refractivity contribution is 5.85. The van der Waals surface area contributed by atoms with Gasteiger partial charge in [0.05, 0.1) is 12.0 Å². The first-order chi connectivity index (χ1) is 5.55. The summed E-state index contributed by atoms with van der Waals surface area (Å²) in [4.78, 5) is 0. The molecule has 2 nitrogen and oxygen atoms in total. The van der Waals surface area contributed by atoms with Gasteiger partial charge in [0.25, 0.3) is 0 Å². The van der Waals surface area contributed by atoms with Crippen molar-refractivity contribution in [1.29, 1.82) is 0 Å². The van der Waals surface area contributed by atoms with Crippen LogP contribution in [0.2, 0.25) is 0 Å². The van der Waals surface area contributed by atoms with Crippen LogP contribution < -0.4 is 5.32 Å². The van der Waals surface area contributed by atoms with Crippen molar-refractivity contribution in [2.45, 2.75) is 18.7 Å². The van der Waals surface area contributed by atoms with Crippen molar-refractivity contribution in [3.8, 4) is 0 Å². The molecule has 0 bridgehead atoms. The molecule has 0 aliphatic carbocycles. The molecule has 1 rings (SSSR count). The van der Waals surface area contributed by atoms with Crippen molar-refractivity contribution in [3.05, 3.63) is 0 Å². The van der Waals surface area contributed by atoms with E-state index in [9.17, 15) is 13.2 Å². The quantitative estimate of drug-likeness (QED) is 0.723. The third kappa shape index (κ3) is 3.32. The number of nitrogens with one attached hydrogen (secondary N) is 1. The fourth-order valence-corrected chi connectivity index (χ4v) is 1.44. The molecule has 13 heavy (non-hydrogen) atoms. The highest BCUT2D eigenvalue weighted by atomic mass is 35.5. The van der Waals surface area contributed by atoms with Gasteiger partial charge in [0, 0.05) is 13.7 Å². The average molecular weight is 220 g/mol. The van der Waals surface area contributed by atoms with Crippen LogP contribution in [0.1, 0.15) is 6.42 Å². The summed E-state index contributed by atoms with van der Waals surface area (Å²) in [6.45, 7) is 0.576. The molecule has 2 atom stereocenters. The second-order valence-electron chi connectivity index (χ2n) is 2.92. The number of hydrogen-bond donors (Lipinski definition) is 1. The molecule has 1 aliphatic heterocycles. The Morgan fingerprint density at radius 2 is 2.00 bits per heavy atom. The lowest BCUT2D eigenvalue weighted by molar-refractivity contribution is -0.207. The van der Waals surface area contributed by atoms with Crippen LogP contribution in [0.25, 0.3) is 0 Å². The number of rotatable bonds is 1. The van der Waals surface area contributed by atoms with Gasteiger partial charge in [-0.25, -0.2) is 0 Å². The van der Waals surface area contributed by atoms with Crippen molar-refractivity contribution >= 4 is 12.4 Å². The highest BCUT2D eigenvalue weighted by Gasteiger charge is 2.45. The van der Waals surface area contributed by atoms with Crippen LogP contribution in [0, 0.1) is 5.92 Å². The zero-order valence-corrected chi connectivity index (χ0v) is 8.04. The average Bonchev–Trinajstić information content (AvgIpc) is 2.03. The number of piperidine rings is 1. The van der Waals surface area contributed by atoms with Crippen molar-refractivity contribution in [3.63, 3.8) is 0 Å². The first-order valence-electron chi connectivity index (χ1n) is 3.86. The van der Waals surface area contributed by atoms with E-state index < -0.39 is 18.2 Å². The summed E-state index contributed by atoms with van der Waals surface area (Å²) >= 11 is 0. The van der Waals surface area contributed by atoms with E-state index in [0.29, 0.717) is 13.0 Å². The molecule has 0 amide bonds. The summed E-state index contributed by atoms with van der Waals surface area (Å²) in [6, 6.07) is 0. The molecule has 80 valence electrons. The molecule has 6 heteroatoms. The van der Waals surface area contributed by atoms with E-state index in [1.54, 1.807) is 0 Å². The van der Waals surface area contributed by atoms with Gasteiger partial charge in [-0.05, 0) is 13.0 Å². The fourth-order valence-electron chi connectivity index (χ4n) is 1.44. The minimum atomic E-state index is -4.14. The molecular formula is C7H13ClF3NO.